The maximum absolute atomic E-state index is 11.2. The van der Waals surface area contributed by atoms with Crippen LogP contribution in [0.3, 0.4) is 0 Å². The third kappa shape index (κ3) is 9.64. The monoisotopic (exact) mass is 800 g/mol. The summed E-state index contributed by atoms with van der Waals surface area (Å²) in [6.45, 7) is -5.72. The van der Waals surface area contributed by atoms with Crippen molar-refractivity contribution in [1.29, 1.82) is 0 Å². The van der Waals surface area contributed by atoms with Gasteiger partial charge in [-0.25, -0.2) is 0 Å². The third-order valence-corrected chi connectivity index (χ3v) is 9.59. The van der Waals surface area contributed by atoms with Crippen molar-refractivity contribution in [2.75, 3.05) is 39.6 Å². The summed E-state index contributed by atoms with van der Waals surface area (Å²) in [5, 5.41) is 174. The Morgan fingerprint density at radius 2 is 0.870 bits per heavy atom. The maximum atomic E-state index is 11.2. The third-order valence-electron chi connectivity index (χ3n) is 9.59. The van der Waals surface area contributed by atoms with E-state index < -0.39 is 181 Å². The Balaban J connectivity index is 1.58. The first-order valence-corrected chi connectivity index (χ1v) is 17.0. The molecule has 0 aromatic rings. The van der Waals surface area contributed by atoms with Crippen molar-refractivity contribution < 1.29 is 125 Å². The Morgan fingerprint density at radius 1 is 0.426 bits per heavy atom. The second kappa shape index (κ2) is 20.1. The van der Waals surface area contributed by atoms with E-state index in [2.05, 4.69) is 0 Å². The van der Waals surface area contributed by atoms with Gasteiger partial charge in [-0.2, -0.15) is 0 Å². The summed E-state index contributed by atoms with van der Waals surface area (Å²) in [7, 11) is 0. The molecule has 23 atom stereocenters. The van der Waals surface area contributed by atoms with Gasteiger partial charge in [0.15, 0.2) is 25.2 Å². The van der Waals surface area contributed by atoms with E-state index in [1.54, 1.807) is 0 Å². The van der Waals surface area contributed by atoms with Crippen LogP contribution in [0.1, 0.15) is 0 Å². The Morgan fingerprint density at radius 3 is 1.37 bits per heavy atom. The highest BCUT2D eigenvalue weighted by Gasteiger charge is 2.57. The molecular formula is C29H52O25. The molecule has 4 rings (SSSR count). The summed E-state index contributed by atoms with van der Waals surface area (Å²) in [5.41, 5.74) is 0. The molecular weight excluding hydrogens is 748 g/mol. The van der Waals surface area contributed by atoms with Gasteiger partial charge in [0, 0.05) is 0 Å². The topological polar surface area (TPSA) is 418 Å². The average Bonchev–Trinajstić information content (AvgIpc) is 3.63. The van der Waals surface area contributed by atoms with Crippen LogP contribution in [-0.2, 0) is 37.9 Å². The summed E-state index contributed by atoms with van der Waals surface area (Å²) in [4.78, 5) is 0. The Kier molecular flexibility index (Phi) is 17.0. The highest BCUT2D eigenvalue weighted by molar-refractivity contribution is 4.99. The predicted molar refractivity (Wildman–Crippen MR) is 163 cm³/mol. The second-order valence-corrected chi connectivity index (χ2v) is 13.2. The van der Waals surface area contributed by atoms with E-state index in [-0.39, 0.29) is 0 Å². The lowest BCUT2D eigenvalue weighted by Crippen LogP contribution is -2.63. The van der Waals surface area contributed by atoms with Crippen LogP contribution in [0.5, 0.6) is 0 Å². The van der Waals surface area contributed by atoms with Crippen molar-refractivity contribution in [1.82, 2.24) is 0 Å². The van der Waals surface area contributed by atoms with Crippen LogP contribution in [0, 0.1) is 0 Å². The molecule has 4 aliphatic heterocycles. The fourth-order valence-electron chi connectivity index (χ4n) is 6.42. The zero-order valence-corrected chi connectivity index (χ0v) is 28.4. The molecule has 17 N–H and O–H groups in total. The van der Waals surface area contributed by atoms with Crippen LogP contribution < -0.4 is 0 Å². The molecule has 23 unspecified atom stereocenters. The minimum atomic E-state index is -2.11. The first kappa shape index (κ1) is 45.7. The van der Waals surface area contributed by atoms with Gasteiger partial charge in [-0.1, -0.05) is 0 Å². The molecule has 25 heteroatoms. The van der Waals surface area contributed by atoms with Crippen molar-refractivity contribution in [2.45, 2.75) is 141 Å². The SMILES string of the molecule is OCC(O)C(O)C(CO)OC1OC(CO)C(O)C(OC2OC(C(O)CO)C(O)C2OC2OC(CO)C(O)C(OC3OC(C(O)CO)C(O)C3O)C2O)C1O. The van der Waals surface area contributed by atoms with Gasteiger partial charge in [0.25, 0.3) is 0 Å². The predicted octanol–water partition coefficient (Wildman–Crippen LogP) is -11.6. The molecule has 25 nitrogen and oxygen atoms in total. The number of ether oxygens (including phenoxy) is 8. The van der Waals surface area contributed by atoms with Gasteiger partial charge in [-0.15, -0.1) is 0 Å². The molecule has 0 amide bonds. The quantitative estimate of drug-likeness (QED) is 0.0612. The highest BCUT2D eigenvalue weighted by atomic mass is 16.8. The number of aliphatic hydroxyl groups is 17. The van der Waals surface area contributed by atoms with Crippen LogP contribution >= 0.6 is 0 Å². The zero-order chi connectivity index (χ0) is 40.2. The zero-order valence-electron chi connectivity index (χ0n) is 28.4. The summed E-state index contributed by atoms with van der Waals surface area (Å²) < 4.78 is 44.2. The molecule has 4 saturated heterocycles. The van der Waals surface area contributed by atoms with Gasteiger partial charge in [-0.05, 0) is 0 Å². The Hall–Kier alpha value is -1.00. The molecule has 4 heterocycles. The molecule has 318 valence electrons. The molecule has 0 aromatic heterocycles. The van der Waals surface area contributed by atoms with Crippen molar-refractivity contribution in [3.05, 3.63) is 0 Å². The normalized spacial score (nSPS) is 45.9. The van der Waals surface area contributed by atoms with Gasteiger partial charge in [0.1, 0.15) is 116 Å². The van der Waals surface area contributed by atoms with Gasteiger partial charge >= 0.3 is 0 Å². The molecule has 0 saturated carbocycles. The maximum Gasteiger partial charge on any atom is 0.187 e. The molecule has 0 spiro atoms. The standard InChI is InChI=1S/C29H52O25/c30-1-7(36)13(39)10(4-33)47-27-19(45)24(15(41)11(5-34)48-27)53-29-25(18(44)22(51-29)9(38)3-32)54-28-20(46)23(14(40)12(6-35)49-28)52-26-17(43)16(42)21(50-26)8(37)2-31/h7-46H,1-6H2. The first-order chi connectivity index (χ1) is 25.6. The minimum Gasteiger partial charge on any atom is -0.394 e. The van der Waals surface area contributed by atoms with E-state index in [9.17, 15) is 81.7 Å². The number of hydrogen-bond donors (Lipinski definition) is 17. The Labute approximate surface area is 305 Å². The first-order valence-electron chi connectivity index (χ1n) is 17.0. The molecule has 4 aliphatic rings. The largest absolute Gasteiger partial charge is 0.394 e. The lowest BCUT2D eigenvalue weighted by molar-refractivity contribution is -0.363. The molecule has 0 bridgehead atoms. The van der Waals surface area contributed by atoms with Crippen LogP contribution in [0.2, 0.25) is 0 Å². The fourth-order valence-corrected chi connectivity index (χ4v) is 6.42. The smallest absolute Gasteiger partial charge is 0.187 e. The summed E-state index contributed by atoms with van der Waals surface area (Å²) >= 11 is 0. The molecule has 0 aromatic carbocycles. The van der Waals surface area contributed by atoms with Gasteiger partial charge in [0.05, 0.1) is 39.6 Å². The average molecular weight is 801 g/mol. The van der Waals surface area contributed by atoms with Crippen LogP contribution in [0.15, 0.2) is 0 Å². The summed E-state index contributed by atoms with van der Waals surface area (Å²) in [5.74, 6) is 0. The van der Waals surface area contributed by atoms with Gasteiger partial charge in [-0.3, -0.25) is 0 Å². The molecule has 0 radical (unpaired) electrons. The van der Waals surface area contributed by atoms with Crippen molar-refractivity contribution >= 4 is 0 Å². The molecule has 4 fully saturated rings. The molecule has 0 aliphatic carbocycles. The van der Waals surface area contributed by atoms with E-state index in [4.69, 9.17) is 43.0 Å². The lowest BCUT2D eigenvalue weighted by Gasteiger charge is -2.45. The highest BCUT2D eigenvalue weighted by Crippen LogP contribution is 2.36. The number of rotatable bonds is 18. The summed E-state index contributed by atoms with van der Waals surface area (Å²) in [6, 6.07) is 0. The van der Waals surface area contributed by atoms with Crippen LogP contribution in [0.25, 0.3) is 0 Å². The van der Waals surface area contributed by atoms with E-state index in [1.165, 1.54) is 0 Å². The number of hydrogen-bond acceptors (Lipinski definition) is 25. The minimum absolute atomic E-state index is 0.884. The fraction of sp³-hybridized carbons (Fsp3) is 1.00. The van der Waals surface area contributed by atoms with E-state index in [0.29, 0.717) is 0 Å². The molecule has 54 heavy (non-hydrogen) atoms. The Bertz CT molecular complexity index is 1110. The van der Waals surface area contributed by atoms with Crippen molar-refractivity contribution in [3.8, 4) is 0 Å². The lowest BCUT2D eigenvalue weighted by atomic mass is 9.98. The van der Waals surface area contributed by atoms with Crippen molar-refractivity contribution in [2.24, 2.45) is 0 Å². The van der Waals surface area contributed by atoms with Crippen molar-refractivity contribution in [3.63, 3.8) is 0 Å². The van der Waals surface area contributed by atoms with Gasteiger partial charge in [0.2, 0.25) is 0 Å². The van der Waals surface area contributed by atoms with Crippen LogP contribution in [0.4, 0.5) is 0 Å². The van der Waals surface area contributed by atoms with E-state index in [0.717, 1.165) is 0 Å². The van der Waals surface area contributed by atoms with Gasteiger partial charge < -0.3 is 125 Å². The van der Waals surface area contributed by atoms with E-state index in [1.807, 2.05) is 0 Å². The second-order valence-electron chi connectivity index (χ2n) is 13.2. The van der Waals surface area contributed by atoms with E-state index >= 15 is 0 Å². The summed E-state index contributed by atoms with van der Waals surface area (Å²) in [6.07, 6.45) is -42.7. The number of aliphatic hydroxyl groups excluding tert-OH is 17. The van der Waals surface area contributed by atoms with Crippen LogP contribution in [-0.4, -0.2) is 268 Å².